The highest BCUT2D eigenvalue weighted by Gasteiger charge is 2.24. The van der Waals surface area contributed by atoms with Crippen LogP contribution < -0.4 is 5.32 Å². The molecule has 1 saturated heterocycles. The standard InChI is InChI=1S/C13H18F2N2/c1-13(14,15)12-4-2-3-11(9-12)10-17-7-5-16-6-8-17/h2-4,9,16H,5-8,10H2,1H3. The van der Waals surface area contributed by atoms with Crippen LogP contribution >= 0.6 is 0 Å². The molecule has 0 aromatic heterocycles. The van der Waals surface area contributed by atoms with Crippen LogP contribution in [-0.4, -0.2) is 31.1 Å². The SMILES string of the molecule is CC(F)(F)c1cccc(CN2CCNCC2)c1. The van der Waals surface area contributed by atoms with Gasteiger partial charge in [-0.1, -0.05) is 18.2 Å². The second-order valence-corrected chi connectivity index (χ2v) is 4.61. The number of hydrogen-bond acceptors (Lipinski definition) is 2. The lowest BCUT2D eigenvalue weighted by Gasteiger charge is -2.27. The number of piperazine rings is 1. The molecular weight excluding hydrogens is 222 g/mol. The fourth-order valence-electron chi connectivity index (χ4n) is 2.07. The summed E-state index contributed by atoms with van der Waals surface area (Å²) in [6, 6.07) is 6.73. The molecule has 1 aromatic carbocycles. The van der Waals surface area contributed by atoms with E-state index in [9.17, 15) is 8.78 Å². The van der Waals surface area contributed by atoms with Crippen LogP contribution in [0.1, 0.15) is 18.1 Å². The van der Waals surface area contributed by atoms with E-state index >= 15 is 0 Å². The summed E-state index contributed by atoms with van der Waals surface area (Å²) >= 11 is 0. The van der Waals surface area contributed by atoms with Crippen molar-refractivity contribution in [3.63, 3.8) is 0 Å². The number of benzene rings is 1. The fraction of sp³-hybridized carbons (Fsp3) is 0.538. The molecule has 0 radical (unpaired) electrons. The minimum atomic E-state index is -2.75. The monoisotopic (exact) mass is 240 g/mol. The van der Waals surface area contributed by atoms with E-state index in [1.54, 1.807) is 12.1 Å². The fourth-order valence-corrected chi connectivity index (χ4v) is 2.07. The molecule has 0 amide bonds. The third-order valence-corrected chi connectivity index (χ3v) is 3.05. The van der Waals surface area contributed by atoms with Crippen molar-refractivity contribution in [2.24, 2.45) is 0 Å². The highest BCUT2D eigenvalue weighted by Crippen LogP contribution is 2.27. The molecule has 0 aliphatic carbocycles. The van der Waals surface area contributed by atoms with Gasteiger partial charge < -0.3 is 5.32 Å². The predicted molar refractivity (Wildman–Crippen MR) is 64.2 cm³/mol. The van der Waals surface area contributed by atoms with Crippen molar-refractivity contribution in [3.8, 4) is 0 Å². The lowest BCUT2D eigenvalue weighted by atomic mass is 10.1. The molecule has 1 aliphatic rings. The van der Waals surface area contributed by atoms with Crippen LogP contribution in [0.2, 0.25) is 0 Å². The number of alkyl halides is 2. The van der Waals surface area contributed by atoms with Gasteiger partial charge in [-0.15, -0.1) is 0 Å². The number of rotatable bonds is 3. The maximum absolute atomic E-state index is 13.2. The van der Waals surface area contributed by atoms with E-state index in [0.29, 0.717) is 0 Å². The van der Waals surface area contributed by atoms with Crippen LogP contribution in [0.15, 0.2) is 24.3 Å². The van der Waals surface area contributed by atoms with Crippen molar-refractivity contribution in [1.29, 1.82) is 0 Å². The Bertz CT molecular complexity index is 368. The molecule has 0 atom stereocenters. The molecule has 0 saturated carbocycles. The van der Waals surface area contributed by atoms with E-state index in [1.165, 1.54) is 6.07 Å². The van der Waals surface area contributed by atoms with E-state index in [-0.39, 0.29) is 5.56 Å². The van der Waals surface area contributed by atoms with Crippen LogP contribution in [0.4, 0.5) is 8.78 Å². The molecule has 94 valence electrons. The number of nitrogens with one attached hydrogen (secondary N) is 1. The van der Waals surface area contributed by atoms with Crippen LogP contribution in [-0.2, 0) is 12.5 Å². The Morgan fingerprint density at radius 2 is 2.00 bits per heavy atom. The molecular formula is C13H18F2N2. The van der Waals surface area contributed by atoms with E-state index < -0.39 is 5.92 Å². The quantitative estimate of drug-likeness (QED) is 0.871. The van der Waals surface area contributed by atoms with Gasteiger partial charge in [0.15, 0.2) is 0 Å². The normalized spacial score (nSPS) is 18.3. The van der Waals surface area contributed by atoms with E-state index in [0.717, 1.165) is 45.2 Å². The second-order valence-electron chi connectivity index (χ2n) is 4.61. The molecule has 1 aliphatic heterocycles. The third kappa shape index (κ3) is 3.48. The zero-order chi connectivity index (χ0) is 12.3. The summed E-state index contributed by atoms with van der Waals surface area (Å²) in [4.78, 5) is 2.28. The van der Waals surface area contributed by atoms with Gasteiger partial charge in [-0.3, -0.25) is 4.90 Å². The summed E-state index contributed by atoms with van der Waals surface area (Å²) in [5.74, 6) is -2.75. The minimum Gasteiger partial charge on any atom is -0.314 e. The molecule has 2 rings (SSSR count). The average molecular weight is 240 g/mol. The number of halogens is 2. The highest BCUT2D eigenvalue weighted by molar-refractivity contribution is 5.26. The van der Waals surface area contributed by atoms with Crippen molar-refractivity contribution in [1.82, 2.24) is 10.2 Å². The maximum atomic E-state index is 13.2. The third-order valence-electron chi connectivity index (χ3n) is 3.05. The molecule has 1 aromatic rings. The lowest BCUT2D eigenvalue weighted by Crippen LogP contribution is -2.42. The largest absolute Gasteiger partial charge is 0.314 e. The van der Waals surface area contributed by atoms with Crippen LogP contribution in [0.5, 0.6) is 0 Å². The molecule has 0 spiro atoms. The summed E-state index contributed by atoms with van der Waals surface area (Å²) in [5, 5.41) is 3.27. The smallest absolute Gasteiger partial charge is 0.270 e. The molecule has 17 heavy (non-hydrogen) atoms. The Hall–Kier alpha value is -1.00. The van der Waals surface area contributed by atoms with Gasteiger partial charge >= 0.3 is 0 Å². The van der Waals surface area contributed by atoms with Gasteiger partial charge in [0.2, 0.25) is 0 Å². The van der Waals surface area contributed by atoms with Crippen molar-refractivity contribution in [2.45, 2.75) is 19.4 Å². The minimum absolute atomic E-state index is 0.102. The Balaban J connectivity index is 2.05. The van der Waals surface area contributed by atoms with Crippen molar-refractivity contribution >= 4 is 0 Å². The number of nitrogens with zero attached hydrogens (tertiary/aromatic N) is 1. The summed E-state index contributed by atoms with van der Waals surface area (Å²) in [6.45, 7) is 5.61. The Morgan fingerprint density at radius 1 is 1.29 bits per heavy atom. The van der Waals surface area contributed by atoms with Gasteiger partial charge in [0.25, 0.3) is 5.92 Å². The van der Waals surface area contributed by atoms with Gasteiger partial charge in [-0.2, -0.15) is 0 Å². The summed E-state index contributed by atoms with van der Waals surface area (Å²) in [5.41, 5.74) is 1.07. The predicted octanol–water partition coefficient (Wildman–Crippen LogP) is 2.20. The van der Waals surface area contributed by atoms with Crippen LogP contribution in [0.25, 0.3) is 0 Å². The Kier molecular flexibility index (Phi) is 3.74. The first-order chi connectivity index (χ1) is 8.05. The number of hydrogen-bond donors (Lipinski definition) is 1. The van der Waals surface area contributed by atoms with Gasteiger partial charge in [0, 0.05) is 45.2 Å². The van der Waals surface area contributed by atoms with E-state index in [2.05, 4.69) is 10.2 Å². The van der Waals surface area contributed by atoms with Crippen LogP contribution in [0, 0.1) is 0 Å². The topological polar surface area (TPSA) is 15.3 Å². The molecule has 4 heteroatoms. The average Bonchev–Trinajstić information content (AvgIpc) is 2.29. The lowest BCUT2D eigenvalue weighted by molar-refractivity contribution is 0.0173. The highest BCUT2D eigenvalue weighted by atomic mass is 19.3. The molecule has 0 unspecified atom stereocenters. The maximum Gasteiger partial charge on any atom is 0.270 e. The van der Waals surface area contributed by atoms with Crippen LogP contribution in [0.3, 0.4) is 0 Å². The van der Waals surface area contributed by atoms with E-state index in [4.69, 9.17) is 0 Å². The van der Waals surface area contributed by atoms with Crippen molar-refractivity contribution < 1.29 is 8.78 Å². The molecule has 1 fully saturated rings. The van der Waals surface area contributed by atoms with Gasteiger partial charge in [0.05, 0.1) is 0 Å². The van der Waals surface area contributed by atoms with Gasteiger partial charge in [0.1, 0.15) is 0 Å². The Labute approximate surface area is 101 Å². The Morgan fingerprint density at radius 3 is 2.65 bits per heavy atom. The molecule has 2 nitrogen and oxygen atoms in total. The van der Waals surface area contributed by atoms with Gasteiger partial charge in [-0.05, 0) is 11.6 Å². The molecule has 0 bridgehead atoms. The molecule has 1 N–H and O–H groups in total. The molecule has 1 heterocycles. The van der Waals surface area contributed by atoms with Crippen molar-refractivity contribution in [2.75, 3.05) is 26.2 Å². The zero-order valence-electron chi connectivity index (χ0n) is 10.0. The summed E-state index contributed by atoms with van der Waals surface area (Å²) < 4.78 is 26.4. The first-order valence-electron chi connectivity index (χ1n) is 5.96. The second kappa shape index (κ2) is 5.10. The summed E-state index contributed by atoms with van der Waals surface area (Å²) in [7, 11) is 0. The van der Waals surface area contributed by atoms with Gasteiger partial charge in [-0.25, -0.2) is 8.78 Å². The first-order valence-corrected chi connectivity index (χ1v) is 5.96. The zero-order valence-corrected chi connectivity index (χ0v) is 10.0. The van der Waals surface area contributed by atoms with Crippen molar-refractivity contribution in [3.05, 3.63) is 35.4 Å². The first kappa shape index (κ1) is 12.5. The van der Waals surface area contributed by atoms with E-state index in [1.807, 2.05) is 6.07 Å². The summed E-state index contributed by atoms with van der Waals surface area (Å²) in [6.07, 6.45) is 0.